The van der Waals surface area contributed by atoms with Crippen LogP contribution in [0, 0.1) is 0 Å². The molecule has 2 aromatic rings. The second-order valence-electron chi connectivity index (χ2n) is 3.94. The fourth-order valence-corrected chi connectivity index (χ4v) is 3.14. The number of ether oxygens (including phenoxy) is 2. The molecule has 0 aliphatic heterocycles. The minimum atomic E-state index is 0.603. The van der Waals surface area contributed by atoms with Crippen LogP contribution >= 0.6 is 27.3 Å². The van der Waals surface area contributed by atoms with Crippen LogP contribution in [0.4, 0.5) is 0 Å². The third kappa shape index (κ3) is 3.01. The fraction of sp³-hybridized carbons (Fsp3) is 0.286. The molecule has 0 saturated carbocycles. The zero-order chi connectivity index (χ0) is 13.0. The summed E-state index contributed by atoms with van der Waals surface area (Å²) in [5, 5.41) is 2.09. The van der Waals surface area contributed by atoms with Crippen molar-refractivity contribution in [2.75, 3.05) is 14.2 Å². The Bertz CT molecular complexity index is 509. The van der Waals surface area contributed by atoms with Gasteiger partial charge in [-0.05, 0) is 40.3 Å². The van der Waals surface area contributed by atoms with Gasteiger partial charge in [0.05, 0.1) is 13.2 Å². The van der Waals surface area contributed by atoms with Crippen molar-refractivity contribution >= 4 is 27.3 Å². The number of thiophene rings is 1. The minimum absolute atomic E-state index is 0.603. The summed E-state index contributed by atoms with van der Waals surface area (Å²) in [6.45, 7) is 1.21. The molecule has 2 nitrogen and oxygen atoms in total. The van der Waals surface area contributed by atoms with Gasteiger partial charge in [0.1, 0.15) is 0 Å². The highest BCUT2D eigenvalue weighted by molar-refractivity contribution is 9.10. The first-order valence-electron chi connectivity index (χ1n) is 5.59. The van der Waals surface area contributed by atoms with Gasteiger partial charge in [0.2, 0.25) is 0 Å². The van der Waals surface area contributed by atoms with Crippen molar-refractivity contribution in [3.05, 3.63) is 45.2 Å². The number of hydrogen-bond donors (Lipinski definition) is 0. The molecule has 0 N–H and O–H groups in total. The van der Waals surface area contributed by atoms with Gasteiger partial charge in [-0.2, -0.15) is 0 Å². The van der Waals surface area contributed by atoms with Crippen molar-refractivity contribution in [2.45, 2.75) is 13.2 Å². The predicted molar refractivity (Wildman–Crippen MR) is 78.9 cm³/mol. The van der Waals surface area contributed by atoms with Gasteiger partial charge < -0.3 is 9.47 Å². The summed E-state index contributed by atoms with van der Waals surface area (Å²) in [5.74, 6) is 0. The summed E-state index contributed by atoms with van der Waals surface area (Å²) in [6, 6.07) is 8.49. The maximum absolute atomic E-state index is 5.27. The van der Waals surface area contributed by atoms with Crippen LogP contribution in [0.1, 0.15) is 11.1 Å². The smallest absolute Gasteiger partial charge is 0.0724 e. The molecule has 0 aliphatic rings. The van der Waals surface area contributed by atoms with Crippen LogP contribution in [0.2, 0.25) is 0 Å². The lowest BCUT2D eigenvalue weighted by atomic mass is 10.0. The summed E-state index contributed by atoms with van der Waals surface area (Å²) in [4.78, 5) is 1.26. The Labute approximate surface area is 120 Å². The Morgan fingerprint density at radius 3 is 2.44 bits per heavy atom. The molecule has 1 aromatic heterocycles. The van der Waals surface area contributed by atoms with E-state index in [4.69, 9.17) is 9.47 Å². The molecule has 4 heteroatoms. The predicted octanol–water partition coefficient (Wildman–Crippen LogP) is 4.47. The molecule has 0 amide bonds. The molecule has 0 unspecified atom stereocenters. The highest BCUT2D eigenvalue weighted by atomic mass is 79.9. The van der Waals surface area contributed by atoms with Crippen LogP contribution in [0.5, 0.6) is 0 Å². The molecule has 1 heterocycles. The lowest BCUT2D eigenvalue weighted by Gasteiger charge is -2.12. The second kappa shape index (κ2) is 6.48. The number of rotatable bonds is 5. The Kier molecular flexibility index (Phi) is 4.95. The lowest BCUT2D eigenvalue weighted by Crippen LogP contribution is -1.96. The van der Waals surface area contributed by atoms with Gasteiger partial charge in [-0.15, -0.1) is 11.3 Å². The molecule has 2 rings (SSSR count). The Morgan fingerprint density at radius 1 is 1.11 bits per heavy atom. The van der Waals surface area contributed by atoms with Crippen LogP contribution in [-0.4, -0.2) is 14.2 Å². The molecule has 1 aromatic carbocycles. The Hall–Kier alpha value is -0.680. The van der Waals surface area contributed by atoms with E-state index in [1.165, 1.54) is 16.0 Å². The van der Waals surface area contributed by atoms with Gasteiger partial charge in [-0.3, -0.25) is 0 Å². The van der Waals surface area contributed by atoms with E-state index in [1.807, 2.05) is 0 Å². The Morgan fingerprint density at radius 2 is 1.83 bits per heavy atom. The highest BCUT2D eigenvalue weighted by Gasteiger charge is 2.11. The maximum atomic E-state index is 5.27. The molecule has 0 bridgehead atoms. The monoisotopic (exact) mass is 326 g/mol. The Balaban J connectivity index is 2.49. The second-order valence-corrected chi connectivity index (χ2v) is 5.75. The SMILES string of the molecule is COCc1cc(-c2cccs2)c(COC)cc1Br. The zero-order valence-electron chi connectivity index (χ0n) is 10.4. The molecular formula is C14H15BrO2S. The van der Waals surface area contributed by atoms with Crippen LogP contribution in [0.15, 0.2) is 34.1 Å². The van der Waals surface area contributed by atoms with E-state index in [0.717, 1.165) is 10.0 Å². The summed E-state index contributed by atoms with van der Waals surface area (Å²) >= 11 is 5.32. The van der Waals surface area contributed by atoms with Crippen molar-refractivity contribution in [2.24, 2.45) is 0 Å². The molecule has 18 heavy (non-hydrogen) atoms. The first kappa shape index (κ1) is 13.7. The van der Waals surface area contributed by atoms with E-state index in [9.17, 15) is 0 Å². The molecular weight excluding hydrogens is 312 g/mol. The van der Waals surface area contributed by atoms with E-state index < -0.39 is 0 Å². The number of hydrogen-bond acceptors (Lipinski definition) is 3. The molecule has 0 saturated heterocycles. The van der Waals surface area contributed by atoms with Crippen molar-refractivity contribution in [3.63, 3.8) is 0 Å². The standard InChI is InChI=1S/C14H15BrO2S/c1-16-8-10-7-13(15)11(9-17-2)6-12(10)14-4-3-5-18-14/h3-7H,8-9H2,1-2H3. The van der Waals surface area contributed by atoms with E-state index in [1.54, 1.807) is 25.6 Å². The number of methoxy groups -OCH3 is 2. The van der Waals surface area contributed by atoms with Gasteiger partial charge in [0.15, 0.2) is 0 Å². The highest BCUT2D eigenvalue weighted by Crippen LogP contribution is 2.33. The lowest BCUT2D eigenvalue weighted by molar-refractivity contribution is 0.182. The van der Waals surface area contributed by atoms with E-state index >= 15 is 0 Å². The van der Waals surface area contributed by atoms with Crippen molar-refractivity contribution < 1.29 is 9.47 Å². The van der Waals surface area contributed by atoms with Crippen LogP contribution < -0.4 is 0 Å². The van der Waals surface area contributed by atoms with Crippen LogP contribution in [0.3, 0.4) is 0 Å². The van der Waals surface area contributed by atoms with E-state index in [-0.39, 0.29) is 0 Å². The topological polar surface area (TPSA) is 18.5 Å². The van der Waals surface area contributed by atoms with Crippen LogP contribution in [-0.2, 0) is 22.7 Å². The summed E-state index contributed by atoms with van der Waals surface area (Å²) in [5.41, 5.74) is 3.56. The van der Waals surface area contributed by atoms with E-state index in [2.05, 4.69) is 45.6 Å². The van der Waals surface area contributed by atoms with Crippen molar-refractivity contribution in [1.29, 1.82) is 0 Å². The third-order valence-corrected chi connectivity index (χ3v) is 4.30. The number of benzene rings is 1. The average molecular weight is 327 g/mol. The van der Waals surface area contributed by atoms with Gasteiger partial charge >= 0.3 is 0 Å². The summed E-state index contributed by atoms with van der Waals surface area (Å²) in [7, 11) is 3.43. The molecule has 96 valence electrons. The molecule has 0 fully saturated rings. The summed E-state index contributed by atoms with van der Waals surface area (Å²) < 4.78 is 11.6. The van der Waals surface area contributed by atoms with Crippen molar-refractivity contribution in [1.82, 2.24) is 0 Å². The van der Waals surface area contributed by atoms with Gasteiger partial charge in [-0.25, -0.2) is 0 Å². The van der Waals surface area contributed by atoms with E-state index in [0.29, 0.717) is 13.2 Å². The normalized spacial score (nSPS) is 10.8. The largest absolute Gasteiger partial charge is 0.380 e. The third-order valence-electron chi connectivity index (χ3n) is 2.66. The summed E-state index contributed by atoms with van der Waals surface area (Å²) in [6.07, 6.45) is 0. The van der Waals surface area contributed by atoms with Crippen LogP contribution in [0.25, 0.3) is 10.4 Å². The maximum Gasteiger partial charge on any atom is 0.0724 e. The minimum Gasteiger partial charge on any atom is -0.380 e. The molecule has 0 aliphatic carbocycles. The quantitative estimate of drug-likeness (QED) is 0.807. The first-order chi connectivity index (χ1) is 8.76. The fourth-order valence-electron chi connectivity index (χ4n) is 1.86. The van der Waals surface area contributed by atoms with Crippen molar-refractivity contribution in [3.8, 4) is 10.4 Å². The van der Waals surface area contributed by atoms with Gasteiger partial charge in [0.25, 0.3) is 0 Å². The molecule has 0 spiro atoms. The number of halogens is 1. The molecule has 0 radical (unpaired) electrons. The molecule has 0 atom stereocenters. The zero-order valence-corrected chi connectivity index (χ0v) is 12.8. The van der Waals surface area contributed by atoms with Gasteiger partial charge in [0, 0.05) is 23.6 Å². The first-order valence-corrected chi connectivity index (χ1v) is 7.26. The van der Waals surface area contributed by atoms with Gasteiger partial charge in [-0.1, -0.05) is 22.0 Å². The average Bonchev–Trinajstić information content (AvgIpc) is 2.86.